The Bertz CT molecular complexity index is 773. The van der Waals surface area contributed by atoms with Crippen molar-refractivity contribution in [2.45, 2.75) is 37.7 Å². The van der Waals surface area contributed by atoms with Gasteiger partial charge in [-0.25, -0.2) is 8.42 Å². The molecule has 0 bridgehead atoms. The van der Waals surface area contributed by atoms with Gasteiger partial charge in [-0.2, -0.15) is 0 Å². The van der Waals surface area contributed by atoms with E-state index >= 15 is 0 Å². The van der Waals surface area contributed by atoms with E-state index in [1.54, 1.807) is 12.1 Å². The molecular weight excluding hydrogens is 360 g/mol. The van der Waals surface area contributed by atoms with Crippen LogP contribution in [0, 0.1) is 0 Å². The van der Waals surface area contributed by atoms with Gasteiger partial charge in [-0.3, -0.25) is 0 Å². The molecule has 146 valence electrons. The average molecular weight is 386 g/mol. The third-order valence-corrected chi connectivity index (χ3v) is 6.47. The fourth-order valence-electron chi connectivity index (χ4n) is 3.20. The lowest BCUT2D eigenvalue weighted by Crippen LogP contribution is -2.29. The summed E-state index contributed by atoms with van der Waals surface area (Å²) in [6.07, 6.45) is 1.69. The zero-order chi connectivity index (χ0) is 19.3. The molecule has 0 saturated carbocycles. The van der Waals surface area contributed by atoms with Gasteiger partial charge >= 0.3 is 0 Å². The Balaban J connectivity index is 2.09. The number of hydrogen-bond acceptors (Lipinski definition) is 7. The zero-order valence-electron chi connectivity index (χ0n) is 15.0. The van der Waals surface area contributed by atoms with Crippen molar-refractivity contribution in [3.8, 4) is 0 Å². The third-order valence-electron chi connectivity index (χ3n) is 4.45. The first-order valence-corrected chi connectivity index (χ1v) is 10.1. The summed E-state index contributed by atoms with van der Waals surface area (Å²) in [6, 6.07) is 3.43. The molecule has 0 spiro atoms. The van der Waals surface area contributed by atoms with Gasteiger partial charge in [0, 0.05) is 7.11 Å². The molecule has 8 heteroatoms. The smallest absolute Gasteiger partial charge is 0.163 e. The maximum absolute atomic E-state index is 12.2. The van der Waals surface area contributed by atoms with Crippen LogP contribution in [0.3, 0.4) is 0 Å². The molecule has 1 aromatic rings. The van der Waals surface area contributed by atoms with Gasteiger partial charge in [0.2, 0.25) is 0 Å². The highest BCUT2D eigenvalue weighted by atomic mass is 32.2. The summed E-state index contributed by atoms with van der Waals surface area (Å²) in [6.45, 7) is 1.28. The van der Waals surface area contributed by atoms with Gasteiger partial charge in [-0.1, -0.05) is 5.57 Å². The quantitative estimate of drug-likeness (QED) is 0.543. The van der Waals surface area contributed by atoms with Gasteiger partial charge in [0.15, 0.2) is 9.84 Å². The molecule has 0 saturated heterocycles. The van der Waals surface area contributed by atoms with Crippen LogP contribution in [0.1, 0.15) is 31.3 Å². The van der Waals surface area contributed by atoms with E-state index in [1.165, 1.54) is 7.11 Å². The largest absolute Gasteiger partial charge is 0.459 e. The van der Waals surface area contributed by atoms with Crippen molar-refractivity contribution in [2.75, 3.05) is 26.1 Å². The first-order chi connectivity index (χ1) is 12.3. The van der Waals surface area contributed by atoms with E-state index in [1.807, 2.05) is 13.0 Å². The van der Waals surface area contributed by atoms with E-state index in [2.05, 4.69) is 0 Å². The highest BCUT2D eigenvalue weighted by Gasteiger charge is 2.40. The topological polar surface area (TPSA) is 117 Å². The number of allylic oxidation sites excluding steroid dienone is 1. The van der Waals surface area contributed by atoms with Gasteiger partial charge < -0.3 is 24.5 Å². The first-order valence-electron chi connectivity index (χ1n) is 8.40. The maximum Gasteiger partial charge on any atom is 0.163 e. The van der Waals surface area contributed by atoms with Crippen LogP contribution in [0.25, 0.3) is 6.08 Å². The molecule has 1 aliphatic heterocycles. The SMILES string of the molecule is COCC1=C([C@H](O)CC/C(C)=C/c2ccc(CO)o2)[C@H](CO)S(=O)(=O)C1. The highest BCUT2D eigenvalue weighted by molar-refractivity contribution is 7.92. The standard InChI is InChI=1S/C18H26O7S/c1-12(7-14-4-5-15(8-19)25-14)3-6-16(21)18-13(10-24-2)11-26(22,23)17(18)9-20/h4-5,7,16-17,19-21H,3,6,8-11H2,1-2H3/b12-7+/t16-,17+/m1/s1. The fourth-order valence-corrected chi connectivity index (χ4v) is 5.08. The number of aliphatic hydroxyl groups is 3. The van der Waals surface area contributed by atoms with Crippen LogP contribution in [0.15, 0.2) is 33.3 Å². The van der Waals surface area contributed by atoms with Crippen molar-refractivity contribution in [3.63, 3.8) is 0 Å². The summed E-state index contributed by atoms with van der Waals surface area (Å²) < 4.78 is 34.8. The molecule has 1 aromatic heterocycles. The van der Waals surface area contributed by atoms with Crippen LogP contribution < -0.4 is 0 Å². The van der Waals surface area contributed by atoms with E-state index < -0.39 is 27.8 Å². The fraction of sp³-hybridized carbons (Fsp3) is 0.556. The highest BCUT2D eigenvalue weighted by Crippen LogP contribution is 2.32. The van der Waals surface area contributed by atoms with Crippen LogP contribution in [0.2, 0.25) is 0 Å². The molecule has 26 heavy (non-hydrogen) atoms. The van der Waals surface area contributed by atoms with Gasteiger partial charge in [-0.15, -0.1) is 0 Å². The molecule has 1 aliphatic rings. The Hall–Kier alpha value is -1.45. The minimum atomic E-state index is -3.51. The Morgan fingerprint density at radius 2 is 2.15 bits per heavy atom. The number of rotatable bonds is 9. The lowest BCUT2D eigenvalue weighted by molar-refractivity contribution is 0.182. The summed E-state index contributed by atoms with van der Waals surface area (Å²) >= 11 is 0. The number of aliphatic hydroxyl groups excluding tert-OH is 3. The maximum atomic E-state index is 12.2. The molecule has 7 nitrogen and oxygen atoms in total. The van der Waals surface area contributed by atoms with Gasteiger partial charge in [0.25, 0.3) is 0 Å². The molecule has 2 atom stereocenters. The van der Waals surface area contributed by atoms with Crippen molar-refractivity contribution in [2.24, 2.45) is 0 Å². The summed E-state index contributed by atoms with van der Waals surface area (Å²) in [5.74, 6) is 0.890. The minimum absolute atomic E-state index is 0.118. The van der Waals surface area contributed by atoms with Crippen molar-refractivity contribution < 1.29 is 32.9 Å². The molecule has 0 unspecified atom stereocenters. The molecule has 0 aromatic carbocycles. The second kappa shape index (κ2) is 8.96. The van der Waals surface area contributed by atoms with E-state index in [4.69, 9.17) is 14.3 Å². The first kappa shape index (κ1) is 20.9. The van der Waals surface area contributed by atoms with E-state index in [9.17, 15) is 18.6 Å². The Labute approximate surface area is 153 Å². The predicted octanol–water partition coefficient (Wildman–Crippen LogP) is 1.05. The van der Waals surface area contributed by atoms with Gasteiger partial charge in [0.1, 0.15) is 23.4 Å². The lowest BCUT2D eigenvalue weighted by Gasteiger charge is -2.19. The van der Waals surface area contributed by atoms with E-state index in [-0.39, 0.29) is 19.0 Å². The molecule has 2 rings (SSSR count). The lowest BCUT2D eigenvalue weighted by atomic mass is 9.95. The van der Waals surface area contributed by atoms with Crippen molar-refractivity contribution in [1.29, 1.82) is 0 Å². The number of furan rings is 1. The molecule has 0 radical (unpaired) electrons. The molecule has 3 N–H and O–H groups in total. The van der Waals surface area contributed by atoms with Crippen LogP contribution >= 0.6 is 0 Å². The molecule has 0 fully saturated rings. The Morgan fingerprint density at radius 3 is 2.73 bits per heavy atom. The zero-order valence-corrected chi connectivity index (χ0v) is 15.8. The number of methoxy groups -OCH3 is 1. The summed E-state index contributed by atoms with van der Waals surface area (Å²) in [5.41, 5.74) is 1.83. The Morgan fingerprint density at radius 1 is 1.42 bits per heavy atom. The number of ether oxygens (including phenoxy) is 1. The summed E-state index contributed by atoms with van der Waals surface area (Å²) in [7, 11) is -2.04. The second-order valence-electron chi connectivity index (χ2n) is 6.48. The van der Waals surface area contributed by atoms with Crippen molar-refractivity contribution in [3.05, 3.63) is 40.4 Å². The third kappa shape index (κ3) is 4.83. The second-order valence-corrected chi connectivity index (χ2v) is 8.66. The van der Waals surface area contributed by atoms with E-state index in [0.29, 0.717) is 35.5 Å². The number of hydrogen-bond donors (Lipinski definition) is 3. The predicted molar refractivity (Wildman–Crippen MR) is 97.1 cm³/mol. The van der Waals surface area contributed by atoms with Crippen LogP contribution in [0.4, 0.5) is 0 Å². The van der Waals surface area contributed by atoms with Crippen LogP contribution in [-0.4, -0.2) is 61.2 Å². The summed E-state index contributed by atoms with van der Waals surface area (Å²) in [5, 5.41) is 28.0. The van der Waals surface area contributed by atoms with Gasteiger partial charge in [0.05, 0.1) is 25.1 Å². The minimum Gasteiger partial charge on any atom is -0.459 e. The normalized spacial score (nSPS) is 21.4. The number of sulfone groups is 1. The van der Waals surface area contributed by atoms with E-state index in [0.717, 1.165) is 5.57 Å². The molecule has 2 heterocycles. The average Bonchev–Trinajstić information content (AvgIpc) is 3.13. The van der Waals surface area contributed by atoms with Crippen LogP contribution in [-0.2, 0) is 21.2 Å². The summed E-state index contributed by atoms with van der Waals surface area (Å²) in [4.78, 5) is 0. The monoisotopic (exact) mass is 386 g/mol. The van der Waals surface area contributed by atoms with Gasteiger partial charge in [-0.05, 0) is 49.1 Å². The van der Waals surface area contributed by atoms with Crippen LogP contribution in [0.5, 0.6) is 0 Å². The molecule has 0 amide bonds. The van der Waals surface area contributed by atoms with Crippen molar-refractivity contribution in [1.82, 2.24) is 0 Å². The molecular formula is C18H26O7S. The van der Waals surface area contributed by atoms with Crippen molar-refractivity contribution >= 4 is 15.9 Å². The Kier molecular flexibility index (Phi) is 7.19. The molecule has 0 aliphatic carbocycles.